The molecule has 0 aliphatic rings. The van der Waals surface area contributed by atoms with Crippen molar-refractivity contribution < 1.29 is 14.7 Å². The van der Waals surface area contributed by atoms with Gasteiger partial charge >= 0.3 is 5.97 Å². The molecule has 0 aliphatic heterocycles. The van der Waals surface area contributed by atoms with E-state index in [1.807, 2.05) is 31.2 Å². The number of rotatable bonds is 4. The van der Waals surface area contributed by atoms with E-state index < -0.39 is 11.8 Å². The second-order valence-corrected chi connectivity index (χ2v) is 3.54. The summed E-state index contributed by atoms with van der Waals surface area (Å²) in [5.74, 6) is -2.26. The van der Waals surface area contributed by atoms with Crippen molar-refractivity contribution in [1.82, 2.24) is 0 Å². The molecule has 0 saturated heterocycles. The summed E-state index contributed by atoms with van der Waals surface area (Å²) in [5.41, 5.74) is 2.25. The van der Waals surface area contributed by atoms with Crippen molar-refractivity contribution in [3.05, 3.63) is 29.8 Å². The lowest BCUT2D eigenvalue weighted by molar-refractivity contribution is -0.148. The lowest BCUT2D eigenvalue weighted by Gasteiger charge is -2.01. The molecule has 4 heteroatoms. The largest absolute Gasteiger partial charge is 0.475 e. The maximum atomic E-state index is 10.9. The van der Waals surface area contributed by atoms with E-state index in [4.69, 9.17) is 5.11 Å². The van der Waals surface area contributed by atoms with Crippen LogP contribution in [0.5, 0.6) is 0 Å². The first-order valence-electron chi connectivity index (χ1n) is 4.86. The van der Waals surface area contributed by atoms with Crippen molar-refractivity contribution in [2.45, 2.75) is 20.3 Å². The molecule has 1 aromatic rings. The third-order valence-electron chi connectivity index (χ3n) is 2.08. The number of hydrogen-bond acceptors (Lipinski definition) is 3. The van der Waals surface area contributed by atoms with Gasteiger partial charge in [-0.15, -0.1) is 0 Å². The lowest BCUT2D eigenvalue weighted by Crippen LogP contribution is -2.15. The van der Waals surface area contributed by atoms with Crippen LogP contribution in [0, 0.1) is 6.92 Å². The number of ketones is 1. The lowest BCUT2D eigenvalue weighted by atomic mass is 10.2. The minimum atomic E-state index is -1.42. The predicted molar refractivity (Wildman–Crippen MR) is 61.2 cm³/mol. The molecule has 0 spiro atoms. The number of benzene rings is 1. The maximum Gasteiger partial charge on any atom is 0.372 e. The third kappa shape index (κ3) is 3.31. The van der Waals surface area contributed by atoms with E-state index in [2.05, 4.69) is 4.99 Å². The normalized spacial score (nSPS) is 11.2. The summed E-state index contributed by atoms with van der Waals surface area (Å²) < 4.78 is 0. The first kappa shape index (κ1) is 12.1. The zero-order valence-electron chi connectivity index (χ0n) is 9.23. The molecule has 1 aromatic carbocycles. The van der Waals surface area contributed by atoms with E-state index in [9.17, 15) is 9.59 Å². The third-order valence-corrected chi connectivity index (χ3v) is 2.08. The Morgan fingerprint density at radius 1 is 1.31 bits per heavy atom. The maximum absolute atomic E-state index is 10.9. The molecule has 0 fully saturated rings. The van der Waals surface area contributed by atoms with Crippen LogP contribution in [0.3, 0.4) is 0 Å². The molecule has 0 unspecified atom stereocenters. The zero-order valence-corrected chi connectivity index (χ0v) is 9.23. The number of carboxylic acid groups (broad SMARTS) is 1. The van der Waals surface area contributed by atoms with Crippen LogP contribution < -0.4 is 0 Å². The fourth-order valence-corrected chi connectivity index (χ4v) is 1.24. The highest BCUT2D eigenvalue weighted by atomic mass is 16.4. The van der Waals surface area contributed by atoms with Gasteiger partial charge in [0.1, 0.15) is 0 Å². The van der Waals surface area contributed by atoms with E-state index in [1.165, 1.54) is 0 Å². The number of aliphatic imine (C=N–C) groups is 1. The molecule has 84 valence electrons. The SMILES string of the molecule is CC(CC(=O)C(=O)O)=Nc1ccccc1C. The second kappa shape index (κ2) is 5.21. The Morgan fingerprint density at radius 3 is 2.50 bits per heavy atom. The molecule has 0 saturated carbocycles. The van der Waals surface area contributed by atoms with Crippen LogP contribution >= 0.6 is 0 Å². The van der Waals surface area contributed by atoms with Gasteiger partial charge in [0.25, 0.3) is 0 Å². The van der Waals surface area contributed by atoms with Crippen LogP contribution in [-0.2, 0) is 9.59 Å². The molecule has 16 heavy (non-hydrogen) atoms. The Hall–Kier alpha value is -1.97. The van der Waals surface area contributed by atoms with E-state index >= 15 is 0 Å². The highest BCUT2D eigenvalue weighted by molar-refractivity contribution is 6.36. The second-order valence-electron chi connectivity index (χ2n) is 3.54. The smallest absolute Gasteiger partial charge is 0.372 e. The molecule has 0 aromatic heterocycles. The number of hydrogen-bond donors (Lipinski definition) is 1. The molecule has 0 bridgehead atoms. The minimum absolute atomic E-state index is 0.149. The monoisotopic (exact) mass is 219 g/mol. The molecule has 1 N–H and O–H groups in total. The van der Waals surface area contributed by atoms with Gasteiger partial charge in [-0.2, -0.15) is 0 Å². The van der Waals surface area contributed by atoms with Gasteiger partial charge in [0.15, 0.2) is 0 Å². The Bertz CT molecular complexity index is 449. The Kier molecular flexibility index (Phi) is 3.94. The fraction of sp³-hybridized carbons (Fsp3) is 0.250. The minimum Gasteiger partial charge on any atom is -0.475 e. The molecular formula is C12H13NO3. The summed E-state index contributed by atoms with van der Waals surface area (Å²) >= 11 is 0. The van der Waals surface area contributed by atoms with Crippen molar-refractivity contribution in [2.24, 2.45) is 4.99 Å². The molecular weight excluding hydrogens is 206 g/mol. The van der Waals surface area contributed by atoms with Gasteiger partial charge in [-0.3, -0.25) is 9.79 Å². The summed E-state index contributed by atoms with van der Waals surface area (Å²) in [4.78, 5) is 25.5. The van der Waals surface area contributed by atoms with E-state index in [0.717, 1.165) is 11.3 Å². The highest BCUT2D eigenvalue weighted by Gasteiger charge is 2.12. The first-order chi connectivity index (χ1) is 7.50. The summed E-state index contributed by atoms with van der Waals surface area (Å²) in [6, 6.07) is 7.47. The number of aliphatic carboxylic acids is 1. The summed E-state index contributed by atoms with van der Waals surface area (Å²) in [7, 11) is 0. The van der Waals surface area contributed by atoms with Crippen LogP contribution in [0.4, 0.5) is 5.69 Å². The van der Waals surface area contributed by atoms with Crippen LogP contribution in [0.15, 0.2) is 29.3 Å². The van der Waals surface area contributed by atoms with Gasteiger partial charge < -0.3 is 5.11 Å². The molecule has 1 rings (SSSR count). The average molecular weight is 219 g/mol. The number of carbonyl (C=O) groups excluding carboxylic acids is 1. The number of carboxylic acids is 1. The van der Waals surface area contributed by atoms with Gasteiger partial charge in [0.05, 0.1) is 12.1 Å². The molecule has 0 atom stereocenters. The molecule has 0 aliphatic carbocycles. The van der Waals surface area contributed by atoms with Crippen LogP contribution in [0.25, 0.3) is 0 Å². The van der Waals surface area contributed by atoms with E-state index in [-0.39, 0.29) is 6.42 Å². The van der Waals surface area contributed by atoms with Gasteiger partial charge in [0, 0.05) is 5.71 Å². The fourth-order valence-electron chi connectivity index (χ4n) is 1.24. The Morgan fingerprint density at radius 2 is 1.94 bits per heavy atom. The highest BCUT2D eigenvalue weighted by Crippen LogP contribution is 2.17. The summed E-state index contributed by atoms with van der Waals surface area (Å²) in [6.07, 6.45) is -0.149. The van der Waals surface area contributed by atoms with Crippen LogP contribution in [-0.4, -0.2) is 22.6 Å². The molecule has 0 amide bonds. The Balaban J connectivity index is 2.82. The van der Waals surface area contributed by atoms with Gasteiger partial charge in [0.2, 0.25) is 5.78 Å². The molecule has 0 heterocycles. The van der Waals surface area contributed by atoms with Crippen molar-refractivity contribution in [3.63, 3.8) is 0 Å². The van der Waals surface area contributed by atoms with E-state index in [1.54, 1.807) is 6.92 Å². The summed E-state index contributed by atoms with van der Waals surface area (Å²) in [6.45, 7) is 3.55. The van der Waals surface area contributed by atoms with Gasteiger partial charge in [-0.05, 0) is 25.5 Å². The quantitative estimate of drug-likeness (QED) is 0.623. The van der Waals surface area contributed by atoms with Crippen molar-refractivity contribution in [1.29, 1.82) is 0 Å². The standard InChI is InChI=1S/C12H13NO3/c1-8-5-3-4-6-10(8)13-9(2)7-11(14)12(15)16/h3-6H,7H2,1-2H3,(H,15,16). The van der Waals surface area contributed by atoms with Crippen LogP contribution in [0.2, 0.25) is 0 Å². The van der Waals surface area contributed by atoms with E-state index in [0.29, 0.717) is 5.71 Å². The molecule has 4 nitrogen and oxygen atoms in total. The number of Topliss-reactive ketones (excluding diaryl/α,β-unsaturated/α-hetero) is 1. The van der Waals surface area contributed by atoms with Crippen molar-refractivity contribution in [3.8, 4) is 0 Å². The molecule has 0 radical (unpaired) electrons. The predicted octanol–water partition coefficient (Wildman–Crippen LogP) is 2.13. The average Bonchev–Trinajstić information content (AvgIpc) is 2.21. The van der Waals surface area contributed by atoms with Crippen LogP contribution in [0.1, 0.15) is 18.9 Å². The first-order valence-corrected chi connectivity index (χ1v) is 4.86. The zero-order chi connectivity index (χ0) is 12.1. The van der Waals surface area contributed by atoms with Crippen molar-refractivity contribution >= 4 is 23.2 Å². The number of nitrogens with zero attached hydrogens (tertiary/aromatic N) is 1. The topological polar surface area (TPSA) is 66.7 Å². The van der Waals surface area contributed by atoms with Gasteiger partial charge in [-0.25, -0.2) is 4.79 Å². The summed E-state index contributed by atoms with van der Waals surface area (Å²) in [5, 5.41) is 8.45. The number of aryl methyl sites for hydroxylation is 1. The van der Waals surface area contributed by atoms with Gasteiger partial charge in [-0.1, -0.05) is 18.2 Å². The van der Waals surface area contributed by atoms with Crippen molar-refractivity contribution in [2.75, 3.05) is 0 Å². The Labute approximate surface area is 93.6 Å². The number of para-hydroxylation sites is 1. The number of carbonyl (C=O) groups is 2.